The fourth-order valence-electron chi connectivity index (χ4n) is 3.24. The summed E-state index contributed by atoms with van der Waals surface area (Å²) in [6.07, 6.45) is 3.83. The van der Waals surface area contributed by atoms with E-state index >= 15 is 0 Å². The van der Waals surface area contributed by atoms with Crippen molar-refractivity contribution in [2.75, 3.05) is 5.32 Å². The molecule has 1 saturated carbocycles. The summed E-state index contributed by atoms with van der Waals surface area (Å²) in [6.45, 7) is 2.12. The normalized spacial score (nSPS) is 20.5. The lowest BCUT2D eigenvalue weighted by molar-refractivity contribution is -0.136. The predicted molar refractivity (Wildman–Crippen MR) is 98.1 cm³/mol. The minimum atomic E-state index is -0.811. The Balaban J connectivity index is 1.59. The van der Waals surface area contributed by atoms with Gasteiger partial charge in [0, 0.05) is 22.8 Å². The van der Waals surface area contributed by atoms with Crippen molar-refractivity contribution in [1.29, 1.82) is 0 Å². The molecule has 126 valence electrons. The maximum atomic E-state index is 10.9. The Labute approximate surface area is 144 Å². The van der Waals surface area contributed by atoms with Crippen LogP contribution < -0.4 is 10.6 Å². The van der Waals surface area contributed by atoms with Crippen LogP contribution in [0.5, 0.6) is 0 Å². The second-order valence-corrected chi connectivity index (χ2v) is 7.63. The van der Waals surface area contributed by atoms with Crippen molar-refractivity contribution in [3.05, 3.63) is 40.6 Å². The second-order valence-electron chi connectivity index (χ2n) is 6.65. The van der Waals surface area contributed by atoms with Gasteiger partial charge in [0.15, 0.2) is 0 Å². The van der Waals surface area contributed by atoms with Gasteiger partial charge in [0.2, 0.25) is 0 Å². The van der Waals surface area contributed by atoms with Crippen molar-refractivity contribution in [2.24, 2.45) is 0 Å². The van der Waals surface area contributed by atoms with Gasteiger partial charge in [-0.1, -0.05) is 0 Å². The minimum absolute atomic E-state index is 0.0390. The number of hydrogen-bond donors (Lipinski definition) is 4. The zero-order valence-electron chi connectivity index (χ0n) is 13.6. The predicted octanol–water partition coefficient (Wildman–Crippen LogP) is 4.09. The number of aryl methyl sites for hydroxylation is 1. The molecule has 2 heterocycles. The van der Waals surface area contributed by atoms with Gasteiger partial charge in [-0.3, -0.25) is 4.79 Å². The Morgan fingerprint density at radius 3 is 2.92 bits per heavy atom. The summed E-state index contributed by atoms with van der Waals surface area (Å²) in [5.74, 6) is -0.811. The van der Waals surface area contributed by atoms with Gasteiger partial charge >= 0.3 is 5.97 Å². The summed E-state index contributed by atoms with van der Waals surface area (Å²) in [5, 5.41) is 19.0. The summed E-state index contributed by atoms with van der Waals surface area (Å²) in [6, 6.07) is 7.14. The molecule has 2 aromatic rings. The maximum Gasteiger partial charge on any atom is 0.309 e. The third-order valence-electron chi connectivity index (χ3n) is 4.65. The summed E-state index contributed by atoms with van der Waals surface area (Å²) >= 11 is 1.61. The molecule has 4 N–H and O–H groups in total. The van der Waals surface area contributed by atoms with E-state index in [-0.39, 0.29) is 11.8 Å². The summed E-state index contributed by atoms with van der Waals surface area (Å²) in [7, 11) is 0. The van der Waals surface area contributed by atoms with Crippen molar-refractivity contribution in [3.8, 4) is 0 Å². The van der Waals surface area contributed by atoms with Crippen LogP contribution in [0.4, 0.5) is 5.69 Å². The number of aromatic nitrogens is 1. The molecule has 1 aliphatic heterocycles. The van der Waals surface area contributed by atoms with Crippen molar-refractivity contribution in [1.82, 2.24) is 10.3 Å². The molecule has 2 aliphatic rings. The molecule has 0 bridgehead atoms. The van der Waals surface area contributed by atoms with Crippen LogP contribution in [0, 0.1) is 6.92 Å². The Bertz CT molecular complexity index is 823. The highest BCUT2D eigenvalue weighted by Crippen LogP contribution is 2.38. The van der Waals surface area contributed by atoms with Crippen LogP contribution in [-0.4, -0.2) is 22.1 Å². The van der Waals surface area contributed by atoms with E-state index < -0.39 is 5.97 Å². The molecular formula is C18H21N3O2S. The van der Waals surface area contributed by atoms with E-state index in [0.29, 0.717) is 6.04 Å². The molecule has 1 aliphatic carbocycles. The molecule has 0 saturated heterocycles. The van der Waals surface area contributed by atoms with Gasteiger partial charge in [-0.25, -0.2) is 0 Å². The number of anilines is 1. The highest BCUT2D eigenvalue weighted by Gasteiger charge is 2.23. The fourth-order valence-corrected chi connectivity index (χ4v) is 4.18. The van der Waals surface area contributed by atoms with Crippen LogP contribution in [0.3, 0.4) is 0 Å². The van der Waals surface area contributed by atoms with Crippen LogP contribution >= 0.6 is 11.8 Å². The first kappa shape index (κ1) is 15.4. The van der Waals surface area contributed by atoms with Crippen molar-refractivity contribution in [2.45, 2.75) is 44.0 Å². The van der Waals surface area contributed by atoms with Crippen LogP contribution in [0.15, 0.2) is 29.3 Å². The molecule has 1 atom stereocenters. The average molecular weight is 343 g/mol. The van der Waals surface area contributed by atoms with E-state index in [2.05, 4.69) is 40.7 Å². The molecule has 1 aromatic heterocycles. The minimum Gasteiger partial charge on any atom is -0.481 e. The lowest BCUT2D eigenvalue weighted by Gasteiger charge is -2.28. The third kappa shape index (κ3) is 2.98. The van der Waals surface area contributed by atoms with Gasteiger partial charge in [-0.05, 0) is 55.4 Å². The first-order valence-electron chi connectivity index (χ1n) is 8.31. The van der Waals surface area contributed by atoms with Gasteiger partial charge < -0.3 is 20.7 Å². The van der Waals surface area contributed by atoms with Crippen LogP contribution in [0.2, 0.25) is 0 Å². The quantitative estimate of drug-likeness (QED) is 0.658. The smallest absolute Gasteiger partial charge is 0.309 e. The van der Waals surface area contributed by atoms with Crippen LogP contribution in [0.25, 0.3) is 10.9 Å². The first-order chi connectivity index (χ1) is 11.6. The Morgan fingerprint density at radius 1 is 1.38 bits per heavy atom. The van der Waals surface area contributed by atoms with E-state index in [1.54, 1.807) is 11.8 Å². The fraction of sp³-hybridized carbons (Fsp3) is 0.389. The average Bonchev–Trinajstić information content (AvgIpc) is 3.08. The summed E-state index contributed by atoms with van der Waals surface area (Å²) in [5.41, 5.74) is 5.39. The molecular weight excluding hydrogens is 322 g/mol. The number of benzene rings is 1. The monoisotopic (exact) mass is 343 g/mol. The maximum absolute atomic E-state index is 10.9. The van der Waals surface area contributed by atoms with Crippen molar-refractivity contribution >= 4 is 34.3 Å². The van der Waals surface area contributed by atoms with Crippen molar-refractivity contribution in [3.63, 3.8) is 0 Å². The molecule has 1 aromatic carbocycles. The number of carboxylic acid groups (broad SMARTS) is 1. The summed E-state index contributed by atoms with van der Waals surface area (Å²) < 4.78 is 0. The molecule has 24 heavy (non-hydrogen) atoms. The molecule has 0 spiro atoms. The Hall–Kier alpha value is -2.08. The number of hydrogen-bond acceptors (Lipinski definition) is 4. The number of rotatable bonds is 5. The third-order valence-corrected chi connectivity index (χ3v) is 5.71. The standard InChI is InChI=1S/C18H21N3O2S/c1-10-5-11-7-15(18-20-13(9-24-18)8-16(22)23)21-17(11)14(6-10)19-12-3-2-4-12/h5-7,9,12,18-21H,2-4,8H2,1H3,(H,22,23). The molecule has 6 heteroatoms. The number of carboxylic acids is 1. The number of aromatic amines is 1. The molecule has 0 radical (unpaired) electrons. The Morgan fingerprint density at radius 2 is 2.21 bits per heavy atom. The van der Waals surface area contributed by atoms with E-state index in [9.17, 15) is 4.79 Å². The SMILES string of the molecule is Cc1cc(NC2CCC2)c2[nH]c(C3NC(CC(=O)O)=CS3)cc2c1. The summed E-state index contributed by atoms with van der Waals surface area (Å²) in [4.78, 5) is 14.4. The Kier molecular flexibility index (Phi) is 3.92. The van der Waals surface area contributed by atoms with E-state index in [0.717, 1.165) is 16.9 Å². The van der Waals surface area contributed by atoms with E-state index in [1.807, 2.05) is 5.41 Å². The van der Waals surface area contributed by atoms with Crippen LogP contribution in [-0.2, 0) is 4.79 Å². The first-order valence-corrected chi connectivity index (χ1v) is 9.25. The second kappa shape index (κ2) is 6.09. The van der Waals surface area contributed by atoms with Crippen molar-refractivity contribution < 1.29 is 9.90 Å². The highest BCUT2D eigenvalue weighted by molar-refractivity contribution is 8.02. The van der Waals surface area contributed by atoms with Gasteiger partial charge in [0.25, 0.3) is 0 Å². The van der Waals surface area contributed by atoms with Crippen LogP contribution in [0.1, 0.15) is 42.3 Å². The zero-order chi connectivity index (χ0) is 16.7. The van der Waals surface area contributed by atoms with E-state index in [1.165, 1.54) is 35.9 Å². The number of carbonyl (C=O) groups is 1. The lowest BCUT2D eigenvalue weighted by atomic mass is 9.93. The highest BCUT2D eigenvalue weighted by atomic mass is 32.2. The number of aliphatic carboxylic acids is 1. The van der Waals surface area contributed by atoms with Gasteiger partial charge in [0.05, 0.1) is 17.6 Å². The number of nitrogens with one attached hydrogen (secondary N) is 3. The van der Waals surface area contributed by atoms with Gasteiger partial charge in [-0.15, -0.1) is 11.8 Å². The molecule has 1 unspecified atom stereocenters. The largest absolute Gasteiger partial charge is 0.481 e. The molecule has 4 rings (SSSR count). The molecule has 1 fully saturated rings. The van der Waals surface area contributed by atoms with Gasteiger partial charge in [0.1, 0.15) is 5.37 Å². The molecule has 0 amide bonds. The van der Waals surface area contributed by atoms with E-state index in [4.69, 9.17) is 5.11 Å². The van der Waals surface area contributed by atoms with Gasteiger partial charge in [-0.2, -0.15) is 0 Å². The molecule has 5 nitrogen and oxygen atoms in total. The number of thioether (sulfide) groups is 1. The number of fused-ring (bicyclic) bond motifs is 1. The number of H-pyrrole nitrogens is 1. The topological polar surface area (TPSA) is 77.2 Å². The zero-order valence-corrected chi connectivity index (χ0v) is 14.4. The lowest BCUT2D eigenvalue weighted by Crippen LogP contribution is -2.27.